The molecule has 7 nitrogen and oxygen atoms in total. The zero-order valence-corrected chi connectivity index (χ0v) is 17.3. The van der Waals surface area contributed by atoms with E-state index >= 15 is 0 Å². The molecule has 1 fully saturated rings. The SMILES string of the molecule is Cl.Cn1nccc1C(=O)N(CCN1CCOCC1)c1nc2c(F)cc(F)cc2s1. The van der Waals surface area contributed by atoms with E-state index in [0.717, 1.165) is 30.5 Å². The molecule has 3 heterocycles. The summed E-state index contributed by atoms with van der Waals surface area (Å²) in [5.74, 6) is -1.69. The van der Waals surface area contributed by atoms with Crippen LogP contribution in [0.5, 0.6) is 0 Å². The first kappa shape index (κ1) is 21.6. The zero-order valence-electron chi connectivity index (χ0n) is 15.7. The summed E-state index contributed by atoms with van der Waals surface area (Å²) in [7, 11) is 1.68. The first-order chi connectivity index (χ1) is 13.5. The molecule has 0 unspecified atom stereocenters. The second kappa shape index (κ2) is 9.12. The highest BCUT2D eigenvalue weighted by Gasteiger charge is 2.25. The Morgan fingerprint density at radius 2 is 2.07 bits per heavy atom. The Kier molecular flexibility index (Phi) is 6.78. The molecular weight excluding hydrogens is 424 g/mol. The number of aromatic nitrogens is 3. The maximum Gasteiger partial charge on any atom is 0.278 e. The Morgan fingerprint density at radius 3 is 2.76 bits per heavy atom. The van der Waals surface area contributed by atoms with Crippen LogP contribution >= 0.6 is 23.7 Å². The Morgan fingerprint density at radius 1 is 1.31 bits per heavy atom. The Bertz CT molecular complexity index is 1010. The molecule has 1 aromatic carbocycles. The van der Waals surface area contributed by atoms with Gasteiger partial charge in [0.25, 0.3) is 5.91 Å². The van der Waals surface area contributed by atoms with Gasteiger partial charge in [0, 0.05) is 45.5 Å². The molecule has 2 aromatic heterocycles. The van der Waals surface area contributed by atoms with Gasteiger partial charge in [-0.1, -0.05) is 11.3 Å². The van der Waals surface area contributed by atoms with Crippen LogP contribution in [0.25, 0.3) is 10.2 Å². The number of thiazole rings is 1. The van der Waals surface area contributed by atoms with Gasteiger partial charge in [-0.2, -0.15) is 5.10 Å². The Hall–Kier alpha value is -2.14. The molecule has 156 valence electrons. The first-order valence-corrected chi connectivity index (χ1v) is 9.70. The summed E-state index contributed by atoms with van der Waals surface area (Å²) in [6.07, 6.45) is 1.54. The quantitative estimate of drug-likeness (QED) is 0.606. The van der Waals surface area contributed by atoms with E-state index in [2.05, 4.69) is 15.0 Å². The average Bonchev–Trinajstić information content (AvgIpc) is 3.29. The fourth-order valence-electron chi connectivity index (χ4n) is 3.13. The number of anilines is 1. The van der Waals surface area contributed by atoms with Crippen molar-refractivity contribution in [3.8, 4) is 0 Å². The summed E-state index contributed by atoms with van der Waals surface area (Å²) >= 11 is 1.09. The van der Waals surface area contributed by atoms with E-state index in [4.69, 9.17) is 4.74 Å². The molecule has 0 bridgehead atoms. The van der Waals surface area contributed by atoms with Crippen molar-refractivity contribution in [2.24, 2.45) is 7.05 Å². The van der Waals surface area contributed by atoms with E-state index in [-0.39, 0.29) is 23.8 Å². The van der Waals surface area contributed by atoms with E-state index in [0.29, 0.717) is 41.8 Å². The number of aryl methyl sites for hydroxylation is 1. The summed E-state index contributed by atoms with van der Waals surface area (Å²) in [6, 6.07) is 3.65. The predicted molar refractivity (Wildman–Crippen MR) is 109 cm³/mol. The van der Waals surface area contributed by atoms with Gasteiger partial charge in [-0.25, -0.2) is 13.8 Å². The van der Waals surface area contributed by atoms with Crippen LogP contribution in [-0.4, -0.2) is 65.0 Å². The first-order valence-electron chi connectivity index (χ1n) is 8.88. The lowest BCUT2D eigenvalue weighted by molar-refractivity contribution is 0.0391. The van der Waals surface area contributed by atoms with Crippen LogP contribution in [-0.2, 0) is 11.8 Å². The molecule has 0 saturated carbocycles. The number of carbonyl (C=O) groups is 1. The Balaban J connectivity index is 0.00000240. The van der Waals surface area contributed by atoms with Gasteiger partial charge in [0.15, 0.2) is 10.9 Å². The van der Waals surface area contributed by atoms with Gasteiger partial charge in [-0.05, 0) is 12.1 Å². The van der Waals surface area contributed by atoms with Gasteiger partial charge in [0.2, 0.25) is 0 Å². The molecule has 0 spiro atoms. The molecule has 0 aliphatic carbocycles. The highest BCUT2D eigenvalue weighted by molar-refractivity contribution is 7.22. The summed E-state index contributed by atoms with van der Waals surface area (Å²) < 4.78 is 34.9. The van der Waals surface area contributed by atoms with E-state index in [1.54, 1.807) is 19.3 Å². The van der Waals surface area contributed by atoms with Crippen molar-refractivity contribution in [1.82, 2.24) is 19.7 Å². The van der Waals surface area contributed by atoms with Gasteiger partial charge in [-0.15, -0.1) is 12.4 Å². The van der Waals surface area contributed by atoms with Crippen LogP contribution in [0.15, 0.2) is 24.4 Å². The van der Waals surface area contributed by atoms with Gasteiger partial charge in [0.1, 0.15) is 17.0 Å². The van der Waals surface area contributed by atoms with Crippen molar-refractivity contribution in [1.29, 1.82) is 0 Å². The van der Waals surface area contributed by atoms with Crippen molar-refractivity contribution >= 4 is 45.0 Å². The minimum atomic E-state index is -0.737. The molecule has 11 heteroatoms. The molecule has 0 atom stereocenters. The standard InChI is InChI=1S/C18H19F2N5O2S.ClH/c1-23-14(2-3-21-23)17(26)25(5-4-24-6-8-27-9-7-24)18-22-16-13(20)10-12(19)11-15(16)28-18;/h2-3,10-11H,4-9H2,1H3;1H. The lowest BCUT2D eigenvalue weighted by Crippen LogP contribution is -2.43. The highest BCUT2D eigenvalue weighted by atomic mass is 35.5. The minimum absolute atomic E-state index is 0. The number of morpholine rings is 1. The number of rotatable bonds is 5. The van der Waals surface area contributed by atoms with Crippen molar-refractivity contribution < 1.29 is 18.3 Å². The van der Waals surface area contributed by atoms with Crippen molar-refractivity contribution in [3.63, 3.8) is 0 Å². The monoisotopic (exact) mass is 443 g/mol. The van der Waals surface area contributed by atoms with E-state index < -0.39 is 11.6 Å². The van der Waals surface area contributed by atoms with Crippen molar-refractivity contribution in [2.75, 3.05) is 44.3 Å². The number of hydrogen-bond donors (Lipinski definition) is 0. The number of ether oxygens (including phenoxy) is 1. The molecule has 1 saturated heterocycles. The summed E-state index contributed by atoms with van der Waals surface area (Å²) in [6.45, 7) is 3.87. The third kappa shape index (κ3) is 4.55. The summed E-state index contributed by atoms with van der Waals surface area (Å²) in [5.41, 5.74) is 0.462. The summed E-state index contributed by atoms with van der Waals surface area (Å²) in [5, 5.41) is 4.38. The van der Waals surface area contributed by atoms with E-state index in [1.165, 1.54) is 15.6 Å². The number of fused-ring (bicyclic) bond motifs is 1. The van der Waals surface area contributed by atoms with E-state index in [9.17, 15) is 13.6 Å². The fraction of sp³-hybridized carbons (Fsp3) is 0.389. The van der Waals surface area contributed by atoms with Crippen LogP contribution in [0.1, 0.15) is 10.5 Å². The summed E-state index contributed by atoms with van der Waals surface area (Å²) in [4.78, 5) is 21.1. The minimum Gasteiger partial charge on any atom is -0.379 e. The van der Waals surface area contributed by atoms with Crippen LogP contribution in [0.4, 0.5) is 13.9 Å². The topological polar surface area (TPSA) is 63.5 Å². The number of carbonyl (C=O) groups excluding carboxylic acids is 1. The Labute approximate surface area is 176 Å². The predicted octanol–water partition coefficient (Wildman–Crippen LogP) is 2.71. The molecule has 4 rings (SSSR count). The number of amides is 1. The number of nitrogens with zero attached hydrogens (tertiary/aromatic N) is 5. The van der Waals surface area contributed by atoms with Crippen LogP contribution in [0.3, 0.4) is 0 Å². The number of halogens is 3. The molecule has 1 aliphatic rings. The van der Waals surface area contributed by atoms with Crippen LogP contribution in [0, 0.1) is 11.6 Å². The smallest absolute Gasteiger partial charge is 0.278 e. The lowest BCUT2D eigenvalue weighted by atomic mass is 10.3. The third-order valence-corrected chi connectivity index (χ3v) is 5.69. The zero-order chi connectivity index (χ0) is 19.7. The maximum atomic E-state index is 14.1. The van der Waals surface area contributed by atoms with Gasteiger partial charge >= 0.3 is 0 Å². The molecule has 1 amide bonds. The molecule has 0 radical (unpaired) electrons. The highest BCUT2D eigenvalue weighted by Crippen LogP contribution is 2.31. The molecule has 3 aromatic rings. The van der Waals surface area contributed by atoms with Gasteiger partial charge < -0.3 is 4.74 Å². The second-order valence-corrected chi connectivity index (χ2v) is 7.49. The van der Waals surface area contributed by atoms with Gasteiger partial charge in [-0.3, -0.25) is 19.3 Å². The van der Waals surface area contributed by atoms with Crippen molar-refractivity contribution in [3.05, 3.63) is 41.7 Å². The largest absolute Gasteiger partial charge is 0.379 e. The molecule has 29 heavy (non-hydrogen) atoms. The number of benzene rings is 1. The lowest BCUT2D eigenvalue weighted by Gasteiger charge is -2.29. The van der Waals surface area contributed by atoms with Crippen LogP contribution < -0.4 is 4.90 Å². The normalized spacial score (nSPS) is 14.7. The van der Waals surface area contributed by atoms with E-state index in [1.807, 2.05) is 0 Å². The fourth-order valence-corrected chi connectivity index (χ4v) is 4.16. The second-order valence-electron chi connectivity index (χ2n) is 6.48. The van der Waals surface area contributed by atoms with Crippen molar-refractivity contribution in [2.45, 2.75) is 0 Å². The molecule has 1 aliphatic heterocycles. The average molecular weight is 444 g/mol. The number of hydrogen-bond acceptors (Lipinski definition) is 6. The molecule has 0 N–H and O–H groups in total. The molecular formula is C18H20ClF2N5O2S. The third-order valence-electron chi connectivity index (χ3n) is 4.66. The van der Waals surface area contributed by atoms with Gasteiger partial charge in [0.05, 0.1) is 17.9 Å². The van der Waals surface area contributed by atoms with Crippen LogP contribution in [0.2, 0.25) is 0 Å². The maximum absolute atomic E-state index is 14.1.